The van der Waals surface area contributed by atoms with Crippen LogP contribution < -0.4 is 5.59 Å². The van der Waals surface area contributed by atoms with E-state index in [1.165, 1.54) is 12.1 Å². The van der Waals surface area contributed by atoms with Crippen LogP contribution in [0.15, 0.2) is 12.1 Å². The Labute approximate surface area is 81.2 Å². The lowest BCUT2D eigenvalue weighted by Gasteiger charge is -2.06. The molecular formula is C6H7BN2O4S. The van der Waals surface area contributed by atoms with Crippen molar-refractivity contribution in [1.29, 1.82) is 5.26 Å². The lowest BCUT2D eigenvalue weighted by molar-refractivity contribution is 0.423. The number of hydrogen-bond acceptors (Lipinski definition) is 5. The Morgan fingerprint density at radius 1 is 1.50 bits per heavy atom. The van der Waals surface area contributed by atoms with Gasteiger partial charge in [0.1, 0.15) is 11.8 Å². The van der Waals surface area contributed by atoms with Crippen LogP contribution in [0.5, 0.6) is 0 Å². The van der Waals surface area contributed by atoms with Crippen molar-refractivity contribution in [3.8, 4) is 6.07 Å². The van der Waals surface area contributed by atoms with E-state index in [1.807, 2.05) is 0 Å². The highest BCUT2D eigenvalue weighted by Gasteiger charge is 2.23. The van der Waals surface area contributed by atoms with Crippen LogP contribution in [-0.4, -0.2) is 35.8 Å². The van der Waals surface area contributed by atoms with Crippen molar-refractivity contribution >= 4 is 22.7 Å². The summed E-state index contributed by atoms with van der Waals surface area (Å²) in [4.78, 5) is 0. The molecule has 1 aromatic heterocycles. The average Bonchev–Trinajstić information content (AvgIpc) is 2.45. The normalized spacial score (nSPS) is 11.0. The Kier molecular flexibility index (Phi) is 2.66. The molecule has 0 aliphatic heterocycles. The molecule has 0 saturated heterocycles. The fourth-order valence-electron chi connectivity index (χ4n) is 1.08. The van der Waals surface area contributed by atoms with Crippen LogP contribution in [0.3, 0.4) is 0 Å². The summed E-state index contributed by atoms with van der Waals surface area (Å²) in [7, 11) is -5.63. The van der Waals surface area contributed by atoms with Crippen molar-refractivity contribution < 1.29 is 18.5 Å². The van der Waals surface area contributed by atoms with Crippen LogP contribution in [0.1, 0.15) is 5.69 Å². The molecule has 6 nitrogen and oxygen atoms in total. The Hall–Kier alpha value is -1.30. The van der Waals surface area contributed by atoms with Gasteiger partial charge in [0.15, 0.2) is 0 Å². The van der Waals surface area contributed by atoms with Crippen LogP contribution in [0, 0.1) is 11.3 Å². The van der Waals surface area contributed by atoms with Gasteiger partial charge in [-0.2, -0.15) is 5.26 Å². The number of hydrogen-bond donors (Lipinski definition) is 2. The molecule has 1 aromatic rings. The highest BCUT2D eigenvalue weighted by Crippen LogP contribution is 2.02. The largest absolute Gasteiger partial charge is 0.507 e. The molecular weight excluding hydrogens is 207 g/mol. The quantitative estimate of drug-likeness (QED) is 0.546. The number of nitriles is 1. The first kappa shape index (κ1) is 10.8. The molecule has 2 N–H and O–H groups in total. The molecule has 0 amide bonds. The minimum atomic E-state index is -3.70. The molecule has 0 aliphatic rings. The van der Waals surface area contributed by atoms with Crippen LogP contribution in [-0.2, 0) is 10.0 Å². The van der Waals surface area contributed by atoms with Crippen LogP contribution >= 0.6 is 0 Å². The second-order valence-electron chi connectivity index (χ2n) is 2.66. The zero-order chi connectivity index (χ0) is 10.9. The third-order valence-electron chi connectivity index (χ3n) is 1.58. The van der Waals surface area contributed by atoms with Crippen molar-refractivity contribution in [2.45, 2.75) is 0 Å². The van der Waals surface area contributed by atoms with E-state index in [0.717, 1.165) is 6.26 Å². The van der Waals surface area contributed by atoms with E-state index in [1.54, 1.807) is 6.07 Å². The van der Waals surface area contributed by atoms with Crippen molar-refractivity contribution in [2.24, 2.45) is 0 Å². The van der Waals surface area contributed by atoms with Gasteiger partial charge in [-0.1, -0.05) is 0 Å². The van der Waals surface area contributed by atoms with E-state index in [4.69, 9.17) is 15.3 Å². The second-order valence-corrected chi connectivity index (χ2v) is 4.49. The second kappa shape index (κ2) is 3.45. The molecule has 0 spiro atoms. The number of rotatable bonds is 2. The van der Waals surface area contributed by atoms with Gasteiger partial charge in [0, 0.05) is 0 Å². The summed E-state index contributed by atoms with van der Waals surface area (Å²) < 4.78 is 23.0. The van der Waals surface area contributed by atoms with Gasteiger partial charge in [-0.05, 0) is 12.1 Å². The van der Waals surface area contributed by atoms with Crippen molar-refractivity contribution in [2.75, 3.05) is 6.26 Å². The first-order valence-corrected chi connectivity index (χ1v) is 5.41. The van der Waals surface area contributed by atoms with Gasteiger partial charge in [-0.15, -0.1) is 0 Å². The topological polar surface area (TPSA) is 103 Å². The third kappa shape index (κ3) is 1.79. The fraction of sp³-hybridized carbons (Fsp3) is 0.167. The maximum atomic E-state index is 11.2. The summed E-state index contributed by atoms with van der Waals surface area (Å²) in [6, 6.07) is 4.01. The molecule has 0 unspecified atom stereocenters. The van der Waals surface area contributed by atoms with Crippen molar-refractivity contribution in [1.82, 2.24) is 3.97 Å². The van der Waals surface area contributed by atoms with E-state index < -0.39 is 17.1 Å². The van der Waals surface area contributed by atoms with Gasteiger partial charge >= 0.3 is 7.12 Å². The monoisotopic (exact) mass is 214 g/mol. The molecule has 0 radical (unpaired) electrons. The van der Waals surface area contributed by atoms with Crippen molar-refractivity contribution in [3.05, 3.63) is 17.8 Å². The van der Waals surface area contributed by atoms with Gasteiger partial charge < -0.3 is 10.0 Å². The van der Waals surface area contributed by atoms with E-state index in [9.17, 15) is 8.42 Å². The van der Waals surface area contributed by atoms with Crippen LogP contribution in [0.2, 0.25) is 0 Å². The average molecular weight is 214 g/mol. The summed E-state index contributed by atoms with van der Waals surface area (Å²) in [6.45, 7) is 0. The first-order valence-electron chi connectivity index (χ1n) is 3.56. The van der Waals surface area contributed by atoms with Gasteiger partial charge in [0.25, 0.3) is 0 Å². The predicted octanol–water partition coefficient (Wildman–Crippen LogP) is -2.15. The molecule has 74 valence electrons. The molecule has 0 bridgehead atoms. The molecule has 0 atom stereocenters. The Morgan fingerprint density at radius 3 is 2.43 bits per heavy atom. The Bertz CT molecular complexity index is 484. The molecule has 1 rings (SSSR count). The molecule has 0 saturated carbocycles. The fourth-order valence-corrected chi connectivity index (χ4v) is 2.08. The molecule has 0 aliphatic carbocycles. The lowest BCUT2D eigenvalue weighted by atomic mass is 9.87. The van der Waals surface area contributed by atoms with E-state index in [0.29, 0.717) is 3.97 Å². The number of aromatic nitrogens is 1. The molecule has 0 fully saturated rings. The van der Waals surface area contributed by atoms with Crippen molar-refractivity contribution in [3.63, 3.8) is 0 Å². The van der Waals surface area contributed by atoms with E-state index >= 15 is 0 Å². The highest BCUT2D eigenvalue weighted by atomic mass is 32.2. The van der Waals surface area contributed by atoms with E-state index in [2.05, 4.69) is 0 Å². The molecule has 0 aromatic carbocycles. The Morgan fingerprint density at radius 2 is 2.07 bits per heavy atom. The maximum Gasteiger partial charge on any atom is 0.507 e. The first-order chi connectivity index (χ1) is 6.38. The van der Waals surface area contributed by atoms with Crippen LogP contribution in [0.25, 0.3) is 0 Å². The predicted molar refractivity (Wildman–Crippen MR) is 49.2 cm³/mol. The standard InChI is InChI=1S/C6H7BN2O4S/c1-14(12,13)9-5(4-8)2-3-6(9)7(10)11/h2-3,10-11H,1H3. The lowest BCUT2D eigenvalue weighted by Crippen LogP contribution is -2.39. The van der Waals surface area contributed by atoms with E-state index in [-0.39, 0.29) is 11.3 Å². The smallest absolute Gasteiger partial charge is 0.422 e. The number of nitrogens with zero attached hydrogens (tertiary/aromatic N) is 2. The summed E-state index contributed by atoms with van der Waals surface area (Å²) in [5.41, 5.74) is -0.403. The summed E-state index contributed by atoms with van der Waals surface area (Å²) in [5.74, 6) is 0. The minimum absolute atomic E-state index is 0.157. The SMILES string of the molecule is CS(=O)(=O)n1c(C#N)ccc1B(O)O. The Balaban J connectivity index is 3.52. The van der Waals surface area contributed by atoms with Gasteiger partial charge in [-0.25, -0.2) is 12.4 Å². The summed E-state index contributed by atoms with van der Waals surface area (Å²) >= 11 is 0. The summed E-state index contributed by atoms with van der Waals surface area (Å²) in [6.07, 6.45) is 0.875. The molecule has 14 heavy (non-hydrogen) atoms. The van der Waals surface area contributed by atoms with Gasteiger partial charge in [0.05, 0.1) is 11.8 Å². The minimum Gasteiger partial charge on any atom is -0.422 e. The third-order valence-corrected chi connectivity index (χ3v) is 2.65. The molecule has 1 heterocycles. The molecule has 8 heteroatoms. The summed E-state index contributed by atoms with van der Waals surface area (Å²) in [5, 5.41) is 26.3. The zero-order valence-electron chi connectivity index (χ0n) is 7.25. The zero-order valence-corrected chi connectivity index (χ0v) is 8.06. The van der Waals surface area contributed by atoms with Gasteiger partial charge in [-0.3, -0.25) is 0 Å². The maximum absolute atomic E-state index is 11.2. The highest BCUT2D eigenvalue weighted by molar-refractivity contribution is 7.89. The van der Waals surface area contributed by atoms with Gasteiger partial charge in [0.2, 0.25) is 10.0 Å². The van der Waals surface area contributed by atoms with Crippen LogP contribution in [0.4, 0.5) is 0 Å².